The first-order chi connectivity index (χ1) is 13.6. The predicted molar refractivity (Wildman–Crippen MR) is 106 cm³/mol. The number of benzene rings is 2. The number of para-hydroxylation sites is 1. The Morgan fingerprint density at radius 1 is 1.18 bits per heavy atom. The van der Waals surface area contributed by atoms with Gasteiger partial charge in [-0.1, -0.05) is 42.1 Å². The molecule has 0 saturated carbocycles. The maximum absolute atomic E-state index is 13.0. The molecule has 1 amide bonds. The number of amides is 1. The number of oxazole rings is 1. The average molecular weight is 394 g/mol. The Morgan fingerprint density at radius 2 is 1.93 bits per heavy atom. The molecule has 2 heterocycles. The molecule has 1 atom stereocenters. The van der Waals surface area contributed by atoms with Crippen LogP contribution in [0.4, 0.5) is 5.69 Å². The van der Waals surface area contributed by atoms with E-state index in [9.17, 15) is 9.59 Å². The van der Waals surface area contributed by atoms with E-state index in [2.05, 4.69) is 10.3 Å². The van der Waals surface area contributed by atoms with E-state index in [0.29, 0.717) is 17.3 Å². The van der Waals surface area contributed by atoms with Crippen molar-refractivity contribution in [2.24, 2.45) is 0 Å². The SMILES string of the molecule is CCOC(=O)C1(Cc2coc(-c3ccccc3)n2)Sc2ccccc2NC1=O. The van der Waals surface area contributed by atoms with Gasteiger partial charge in [0.05, 0.1) is 18.0 Å². The summed E-state index contributed by atoms with van der Waals surface area (Å²) in [6.07, 6.45) is 1.55. The molecule has 4 rings (SSSR count). The fourth-order valence-electron chi connectivity index (χ4n) is 3.04. The lowest BCUT2D eigenvalue weighted by atomic mass is 10.0. The van der Waals surface area contributed by atoms with Crippen molar-refractivity contribution in [3.05, 3.63) is 66.6 Å². The number of carbonyl (C=O) groups excluding carboxylic acids is 2. The lowest BCUT2D eigenvalue weighted by molar-refractivity contribution is -0.148. The summed E-state index contributed by atoms with van der Waals surface area (Å²) in [5.41, 5.74) is 2.02. The third-order valence-corrected chi connectivity index (χ3v) is 5.81. The van der Waals surface area contributed by atoms with Crippen molar-refractivity contribution in [3.63, 3.8) is 0 Å². The van der Waals surface area contributed by atoms with Gasteiger partial charge in [0.2, 0.25) is 10.6 Å². The van der Waals surface area contributed by atoms with Gasteiger partial charge in [-0.25, -0.2) is 9.78 Å². The molecular weight excluding hydrogens is 376 g/mol. The molecule has 0 aliphatic carbocycles. The van der Waals surface area contributed by atoms with Crippen molar-refractivity contribution in [1.29, 1.82) is 0 Å². The fraction of sp³-hybridized carbons (Fsp3) is 0.190. The van der Waals surface area contributed by atoms with Gasteiger partial charge in [0.25, 0.3) is 5.91 Å². The molecule has 1 aromatic heterocycles. The summed E-state index contributed by atoms with van der Waals surface area (Å²) in [5.74, 6) is -0.564. The lowest BCUT2D eigenvalue weighted by Crippen LogP contribution is -2.51. The van der Waals surface area contributed by atoms with Crippen LogP contribution in [-0.2, 0) is 20.7 Å². The van der Waals surface area contributed by atoms with Crippen LogP contribution in [0.3, 0.4) is 0 Å². The predicted octanol–water partition coefficient (Wildman–Crippen LogP) is 3.93. The van der Waals surface area contributed by atoms with Crippen LogP contribution in [0, 0.1) is 0 Å². The molecule has 6 nitrogen and oxygen atoms in total. The number of hydrogen-bond donors (Lipinski definition) is 1. The van der Waals surface area contributed by atoms with Crippen molar-refractivity contribution >= 4 is 29.3 Å². The zero-order chi connectivity index (χ0) is 19.6. The van der Waals surface area contributed by atoms with Crippen LogP contribution in [0.2, 0.25) is 0 Å². The summed E-state index contributed by atoms with van der Waals surface area (Å²) in [6.45, 7) is 1.90. The summed E-state index contributed by atoms with van der Waals surface area (Å²) in [5, 5.41) is 2.83. The van der Waals surface area contributed by atoms with Gasteiger partial charge in [-0.15, -0.1) is 0 Å². The van der Waals surface area contributed by atoms with Gasteiger partial charge in [0.15, 0.2) is 0 Å². The minimum Gasteiger partial charge on any atom is -0.465 e. The zero-order valence-corrected chi connectivity index (χ0v) is 16.0. The number of carbonyl (C=O) groups is 2. The van der Waals surface area contributed by atoms with Crippen LogP contribution < -0.4 is 5.32 Å². The molecule has 1 N–H and O–H groups in total. The Balaban J connectivity index is 1.69. The molecule has 0 saturated heterocycles. The number of esters is 1. The van der Waals surface area contributed by atoms with E-state index < -0.39 is 16.6 Å². The number of anilines is 1. The zero-order valence-electron chi connectivity index (χ0n) is 15.2. The quantitative estimate of drug-likeness (QED) is 0.522. The first kappa shape index (κ1) is 18.3. The van der Waals surface area contributed by atoms with Gasteiger partial charge in [0, 0.05) is 16.9 Å². The van der Waals surface area contributed by atoms with Gasteiger partial charge in [-0.05, 0) is 31.2 Å². The Labute approximate surface area is 166 Å². The van der Waals surface area contributed by atoms with E-state index in [4.69, 9.17) is 9.15 Å². The van der Waals surface area contributed by atoms with Crippen LogP contribution in [0.1, 0.15) is 12.6 Å². The number of aromatic nitrogens is 1. The standard InChI is InChI=1S/C21H18N2O4S/c1-2-26-20(25)21(19(24)23-16-10-6-7-11-17(16)28-21)12-15-13-27-18(22-15)14-8-4-3-5-9-14/h3-11,13H,2,12H2,1H3,(H,23,24). The second kappa shape index (κ2) is 7.52. The van der Waals surface area contributed by atoms with Crippen LogP contribution in [0.5, 0.6) is 0 Å². The minimum atomic E-state index is -1.46. The molecular formula is C21H18N2O4S. The molecule has 0 bridgehead atoms. The second-order valence-electron chi connectivity index (χ2n) is 6.29. The average Bonchev–Trinajstić information content (AvgIpc) is 3.18. The van der Waals surface area contributed by atoms with Crippen molar-refractivity contribution in [3.8, 4) is 11.5 Å². The van der Waals surface area contributed by atoms with Crippen LogP contribution in [-0.4, -0.2) is 28.2 Å². The smallest absolute Gasteiger partial charge is 0.332 e. The Hall–Kier alpha value is -3.06. The van der Waals surface area contributed by atoms with Crippen molar-refractivity contribution in [2.75, 3.05) is 11.9 Å². The van der Waals surface area contributed by atoms with Crippen LogP contribution in [0.15, 0.2) is 70.2 Å². The number of thioether (sulfide) groups is 1. The Kier molecular flexibility index (Phi) is 4.92. The maximum Gasteiger partial charge on any atom is 0.332 e. The molecule has 2 aromatic carbocycles. The number of ether oxygens (including phenoxy) is 1. The highest BCUT2D eigenvalue weighted by Crippen LogP contribution is 2.45. The monoisotopic (exact) mass is 394 g/mol. The third-order valence-electron chi connectivity index (χ3n) is 4.39. The molecule has 1 aliphatic heterocycles. The van der Waals surface area contributed by atoms with E-state index >= 15 is 0 Å². The number of hydrogen-bond acceptors (Lipinski definition) is 6. The first-order valence-electron chi connectivity index (χ1n) is 8.89. The summed E-state index contributed by atoms with van der Waals surface area (Å²) >= 11 is 1.19. The number of nitrogens with zero attached hydrogens (tertiary/aromatic N) is 1. The minimum absolute atomic E-state index is 0.0625. The van der Waals surface area contributed by atoms with E-state index in [-0.39, 0.29) is 13.0 Å². The van der Waals surface area contributed by atoms with Crippen LogP contribution >= 0.6 is 11.8 Å². The molecule has 142 valence electrons. The highest BCUT2D eigenvalue weighted by Gasteiger charge is 2.52. The molecule has 3 aromatic rings. The summed E-state index contributed by atoms with van der Waals surface area (Å²) in [4.78, 5) is 31.1. The molecule has 0 spiro atoms. The third kappa shape index (κ3) is 3.29. The van der Waals surface area contributed by atoms with E-state index in [0.717, 1.165) is 10.5 Å². The van der Waals surface area contributed by atoms with Gasteiger partial charge < -0.3 is 14.5 Å². The van der Waals surface area contributed by atoms with E-state index in [1.54, 1.807) is 13.0 Å². The van der Waals surface area contributed by atoms with Crippen molar-refractivity contribution in [2.45, 2.75) is 23.0 Å². The normalized spacial score (nSPS) is 18.2. The second-order valence-corrected chi connectivity index (χ2v) is 7.63. The van der Waals surface area contributed by atoms with E-state index in [1.165, 1.54) is 18.0 Å². The lowest BCUT2D eigenvalue weighted by Gasteiger charge is -2.33. The molecule has 28 heavy (non-hydrogen) atoms. The summed E-state index contributed by atoms with van der Waals surface area (Å²) in [7, 11) is 0. The molecule has 1 aliphatic rings. The highest BCUT2D eigenvalue weighted by molar-refractivity contribution is 8.02. The topological polar surface area (TPSA) is 81.4 Å². The molecule has 1 unspecified atom stereocenters. The van der Waals surface area contributed by atoms with Gasteiger partial charge >= 0.3 is 5.97 Å². The number of rotatable bonds is 5. The van der Waals surface area contributed by atoms with E-state index in [1.807, 2.05) is 48.5 Å². The van der Waals surface area contributed by atoms with Crippen molar-refractivity contribution in [1.82, 2.24) is 4.98 Å². The summed E-state index contributed by atoms with van der Waals surface area (Å²) < 4.78 is 9.37. The molecule has 0 radical (unpaired) electrons. The largest absolute Gasteiger partial charge is 0.465 e. The molecule has 7 heteroatoms. The number of nitrogens with one attached hydrogen (secondary N) is 1. The summed E-state index contributed by atoms with van der Waals surface area (Å²) in [6, 6.07) is 16.8. The van der Waals surface area contributed by atoms with Crippen molar-refractivity contribution < 1.29 is 18.7 Å². The Bertz CT molecular complexity index is 1020. The van der Waals surface area contributed by atoms with Gasteiger partial charge in [-0.2, -0.15) is 0 Å². The number of fused-ring (bicyclic) bond motifs is 1. The van der Waals surface area contributed by atoms with Gasteiger partial charge in [0.1, 0.15) is 6.26 Å². The molecule has 0 fully saturated rings. The van der Waals surface area contributed by atoms with Gasteiger partial charge in [-0.3, -0.25) is 4.79 Å². The highest BCUT2D eigenvalue weighted by atomic mass is 32.2. The fourth-order valence-corrected chi connectivity index (χ4v) is 4.30. The first-order valence-corrected chi connectivity index (χ1v) is 9.70. The Morgan fingerprint density at radius 3 is 2.71 bits per heavy atom. The maximum atomic E-state index is 13.0. The van der Waals surface area contributed by atoms with Crippen LogP contribution in [0.25, 0.3) is 11.5 Å².